The molecule has 0 bridgehead atoms. The zero-order chi connectivity index (χ0) is 17.4. The molecule has 0 spiro atoms. The van der Waals surface area contributed by atoms with Crippen molar-refractivity contribution in [2.24, 2.45) is 10.9 Å². The third kappa shape index (κ3) is 6.48. The first-order chi connectivity index (χ1) is 11.7. The van der Waals surface area contributed by atoms with E-state index in [-0.39, 0.29) is 24.0 Å². The fraction of sp³-hybridized carbons (Fsp3) is 0.579. The van der Waals surface area contributed by atoms with E-state index < -0.39 is 0 Å². The number of likely N-dealkylation sites (tertiary alicyclic amines) is 1. The number of benzene rings is 1. The third-order valence-electron chi connectivity index (χ3n) is 4.74. The van der Waals surface area contributed by atoms with Crippen molar-refractivity contribution in [1.29, 1.82) is 5.26 Å². The first kappa shape index (κ1) is 21.7. The lowest BCUT2D eigenvalue weighted by molar-refractivity contribution is 0.255. The zero-order valence-corrected chi connectivity index (χ0v) is 17.9. The number of rotatable bonds is 6. The largest absolute Gasteiger partial charge is 0.352 e. The first-order valence-electron chi connectivity index (χ1n) is 8.87. The van der Waals surface area contributed by atoms with Gasteiger partial charge in [-0.1, -0.05) is 26.0 Å². The van der Waals surface area contributed by atoms with Crippen molar-refractivity contribution in [3.63, 3.8) is 0 Å². The number of nitriles is 1. The van der Waals surface area contributed by atoms with Crippen LogP contribution in [0.3, 0.4) is 0 Å². The molecule has 1 aromatic rings. The minimum absolute atomic E-state index is 0. The predicted octanol–water partition coefficient (Wildman–Crippen LogP) is 2.92. The van der Waals surface area contributed by atoms with Crippen molar-refractivity contribution >= 4 is 29.9 Å². The molecule has 0 aliphatic carbocycles. The maximum absolute atomic E-state index is 8.86. The van der Waals surface area contributed by atoms with Crippen molar-refractivity contribution in [3.8, 4) is 6.07 Å². The van der Waals surface area contributed by atoms with E-state index >= 15 is 0 Å². The molecular formula is C19H30IN5. The molecule has 0 amide bonds. The van der Waals surface area contributed by atoms with Crippen LogP contribution in [-0.2, 0) is 6.54 Å². The Hall–Kier alpha value is -1.33. The van der Waals surface area contributed by atoms with Gasteiger partial charge < -0.3 is 15.1 Å². The van der Waals surface area contributed by atoms with Crippen LogP contribution in [-0.4, -0.2) is 55.5 Å². The molecule has 2 rings (SSSR count). The Labute approximate surface area is 169 Å². The highest BCUT2D eigenvalue weighted by molar-refractivity contribution is 14.0. The van der Waals surface area contributed by atoms with Crippen molar-refractivity contribution in [2.75, 3.05) is 39.8 Å². The summed E-state index contributed by atoms with van der Waals surface area (Å²) in [7, 11) is 1.85. The summed E-state index contributed by atoms with van der Waals surface area (Å²) in [6.07, 6.45) is 1.23. The van der Waals surface area contributed by atoms with Gasteiger partial charge in [0.05, 0.1) is 11.6 Å². The Morgan fingerprint density at radius 3 is 2.56 bits per heavy atom. The number of nitrogens with one attached hydrogen (secondary N) is 1. The molecule has 1 heterocycles. The van der Waals surface area contributed by atoms with Crippen LogP contribution in [0.15, 0.2) is 29.3 Å². The molecule has 1 aliphatic rings. The zero-order valence-electron chi connectivity index (χ0n) is 15.5. The molecule has 1 fully saturated rings. The van der Waals surface area contributed by atoms with Gasteiger partial charge in [0.15, 0.2) is 5.96 Å². The van der Waals surface area contributed by atoms with Crippen LogP contribution in [0.1, 0.15) is 31.4 Å². The van der Waals surface area contributed by atoms with Crippen LogP contribution in [0.5, 0.6) is 0 Å². The van der Waals surface area contributed by atoms with Crippen LogP contribution in [0.4, 0.5) is 0 Å². The Bertz CT molecular complexity index is 574. The molecule has 1 saturated heterocycles. The Balaban J connectivity index is 0.00000312. The second-order valence-corrected chi connectivity index (χ2v) is 6.30. The van der Waals surface area contributed by atoms with Crippen molar-refractivity contribution in [3.05, 3.63) is 35.4 Å². The molecule has 0 saturated carbocycles. The summed E-state index contributed by atoms with van der Waals surface area (Å²) in [5, 5.41) is 12.3. The molecule has 0 radical (unpaired) electrons. The summed E-state index contributed by atoms with van der Waals surface area (Å²) in [5.41, 5.74) is 1.86. The van der Waals surface area contributed by atoms with Crippen LogP contribution in [0, 0.1) is 17.2 Å². The minimum atomic E-state index is 0. The van der Waals surface area contributed by atoms with Gasteiger partial charge in [-0.2, -0.15) is 5.26 Å². The molecule has 1 aliphatic heterocycles. The second-order valence-electron chi connectivity index (χ2n) is 6.30. The molecule has 1 N–H and O–H groups in total. The molecule has 1 unspecified atom stereocenters. The quantitative estimate of drug-likeness (QED) is 0.407. The summed E-state index contributed by atoms with van der Waals surface area (Å²) in [4.78, 5) is 9.30. The minimum Gasteiger partial charge on any atom is -0.352 e. The van der Waals surface area contributed by atoms with E-state index in [9.17, 15) is 0 Å². The van der Waals surface area contributed by atoms with E-state index in [4.69, 9.17) is 5.26 Å². The molecule has 6 heteroatoms. The molecule has 1 atom stereocenters. The normalized spacial score (nSPS) is 17.3. The van der Waals surface area contributed by atoms with E-state index in [1.807, 2.05) is 31.3 Å². The summed E-state index contributed by atoms with van der Waals surface area (Å²) < 4.78 is 0. The van der Waals surface area contributed by atoms with Crippen LogP contribution < -0.4 is 5.32 Å². The van der Waals surface area contributed by atoms with E-state index in [1.165, 1.54) is 13.0 Å². The lowest BCUT2D eigenvalue weighted by Gasteiger charge is -2.24. The molecule has 5 nitrogen and oxygen atoms in total. The first-order valence-corrected chi connectivity index (χ1v) is 8.87. The highest BCUT2D eigenvalue weighted by Crippen LogP contribution is 2.17. The Kier molecular flexibility index (Phi) is 9.83. The van der Waals surface area contributed by atoms with E-state index in [0.717, 1.165) is 50.2 Å². The Morgan fingerprint density at radius 2 is 2.00 bits per heavy atom. The number of hydrogen-bond donors (Lipinski definition) is 1. The maximum Gasteiger partial charge on any atom is 0.193 e. The number of aliphatic imine (C=N–C) groups is 1. The topological polar surface area (TPSA) is 54.7 Å². The van der Waals surface area contributed by atoms with Crippen molar-refractivity contribution in [2.45, 2.75) is 26.8 Å². The van der Waals surface area contributed by atoms with Gasteiger partial charge >= 0.3 is 0 Å². The van der Waals surface area contributed by atoms with Gasteiger partial charge in [0.25, 0.3) is 0 Å². The van der Waals surface area contributed by atoms with Gasteiger partial charge in [0.2, 0.25) is 0 Å². The number of nitrogens with zero attached hydrogens (tertiary/aromatic N) is 4. The molecule has 25 heavy (non-hydrogen) atoms. The highest BCUT2D eigenvalue weighted by atomic mass is 127. The Morgan fingerprint density at radius 1 is 1.32 bits per heavy atom. The average molecular weight is 455 g/mol. The predicted molar refractivity (Wildman–Crippen MR) is 114 cm³/mol. The third-order valence-corrected chi connectivity index (χ3v) is 4.74. The summed E-state index contributed by atoms with van der Waals surface area (Å²) in [5.74, 6) is 1.69. The standard InChI is InChI=1S/C19H29N5.HI/c1-4-23(5-2)14-18-10-11-24(15-18)19(21-3)22-13-17-8-6-16(12-20)7-9-17;/h6-9,18H,4-5,10-11,13-15H2,1-3H3,(H,21,22);1H. The van der Waals surface area contributed by atoms with E-state index in [0.29, 0.717) is 5.56 Å². The van der Waals surface area contributed by atoms with Crippen LogP contribution in [0.2, 0.25) is 0 Å². The fourth-order valence-corrected chi connectivity index (χ4v) is 3.23. The SMILES string of the molecule is CCN(CC)CC1CCN(C(=NC)NCc2ccc(C#N)cc2)C1.I. The molecule has 138 valence electrons. The van der Waals surface area contributed by atoms with Gasteiger partial charge in [0, 0.05) is 33.2 Å². The highest BCUT2D eigenvalue weighted by Gasteiger charge is 2.25. The van der Waals surface area contributed by atoms with E-state index in [1.54, 1.807) is 0 Å². The maximum atomic E-state index is 8.86. The van der Waals surface area contributed by atoms with Gasteiger partial charge in [-0.05, 0) is 43.1 Å². The van der Waals surface area contributed by atoms with Gasteiger partial charge in [0.1, 0.15) is 0 Å². The lowest BCUT2D eigenvalue weighted by atomic mass is 10.1. The smallest absolute Gasteiger partial charge is 0.193 e. The number of halogens is 1. The second kappa shape index (κ2) is 11.3. The average Bonchev–Trinajstić information content (AvgIpc) is 3.09. The van der Waals surface area contributed by atoms with Crippen molar-refractivity contribution in [1.82, 2.24) is 15.1 Å². The van der Waals surface area contributed by atoms with Crippen LogP contribution in [0.25, 0.3) is 0 Å². The number of hydrogen-bond acceptors (Lipinski definition) is 3. The summed E-state index contributed by atoms with van der Waals surface area (Å²) in [6.45, 7) is 10.8. The summed E-state index contributed by atoms with van der Waals surface area (Å²) >= 11 is 0. The number of guanidine groups is 1. The molecule has 1 aromatic carbocycles. The molecule has 0 aromatic heterocycles. The van der Waals surface area contributed by atoms with Gasteiger partial charge in [-0.25, -0.2) is 0 Å². The summed E-state index contributed by atoms with van der Waals surface area (Å²) in [6, 6.07) is 9.85. The van der Waals surface area contributed by atoms with Crippen molar-refractivity contribution < 1.29 is 0 Å². The van der Waals surface area contributed by atoms with E-state index in [2.05, 4.69) is 40.0 Å². The monoisotopic (exact) mass is 455 g/mol. The van der Waals surface area contributed by atoms with Crippen LogP contribution >= 0.6 is 24.0 Å². The van der Waals surface area contributed by atoms with Gasteiger partial charge in [-0.15, -0.1) is 24.0 Å². The lowest BCUT2D eigenvalue weighted by Crippen LogP contribution is -2.40. The molecular weight excluding hydrogens is 425 g/mol. The van der Waals surface area contributed by atoms with Gasteiger partial charge in [-0.3, -0.25) is 4.99 Å². The fourth-order valence-electron chi connectivity index (χ4n) is 3.23.